The van der Waals surface area contributed by atoms with Crippen LogP contribution in [0.5, 0.6) is 0 Å². The zero-order valence-corrected chi connectivity index (χ0v) is 13.1. The van der Waals surface area contributed by atoms with Gasteiger partial charge >= 0.3 is 0 Å². The first-order chi connectivity index (χ1) is 11.7. The molecule has 3 aromatic rings. The smallest absolute Gasteiger partial charge is 0.227 e. The van der Waals surface area contributed by atoms with Gasteiger partial charge in [0.25, 0.3) is 0 Å². The predicted octanol–water partition coefficient (Wildman–Crippen LogP) is 3.00. The number of halogens is 1. The van der Waals surface area contributed by atoms with Crippen LogP contribution in [0.15, 0.2) is 42.7 Å². The van der Waals surface area contributed by atoms with Crippen LogP contribution in [0.25, 0.3) is 11.0 Å². The van der Waals surface area contributed by atoms with E-state index in [-0.39, 0.29) is 17.8 Å². The van der Waals surface area contributed by atoms with Gasteiger partial charge in [0.15, 0.2) is 0 Å². The van der Waals surface area contributed by atoms with Crippen LogP contribution in [0.1, 0.15) is 30.3 Å². The lowest BCUT2D eigenvalue weighted by atomic mass is 10.1. The summed E-state index contributed by atoms with van der Waals surface area (Å²) in [4.78, 5) is 26.3. The first kappa shape index (κ1) is 14.8. The lowest BCUT2D eigenvalue weighted by Gasteiger charge is -2.23. The predicted molar refractivity (Wildman–Crippen MR) is 87.7 cm³/mol. The van der Waals surface area contributed by atoms with E-state index in [1.807, 2.05) is 17.0 Å². The third-order valence-corrected chi connectivity index (χ3v) is 4.43. The van der Waals surface area contributed by atoms with Crippen LogP contribution < -0.4 is 0 Å². The van der Waals surface area contributed by atoms with E-state index in [0.29, 0.717) is 11.9 Å². The summed E-state index contributed by atoms with van der Waals surface area (Å²) in [5, 5.41) is 0. The minimum absolute atomic E-state index is 0.0668. The Balaban J connectivity index is 1.58. The molecule has 122 valence electrons. The van der Waals surface area contributed by atoms with Crippen molar-refractivity contribution in [3.05, 3.63) is 59.9 Å². The SMILES string of the molecule is O=C(Cc1cccnc1)N1CCC[C@H]1c1nc2ccc(F)cc2[nH]1. The van der Waals surface area contributed by atoms with Crippen LogP contribution in [0, 0.1) is 5.82 Å². The number of H-pyrrole nitrogens is 1. The van der Waals surface area contributed by atoms with Gasteiger partial charge in [-0.05, 0) is 42.7 Å². The van der Waals surface area contributed by atoms with Crippen molar-refractivity contribution in [3.8, 4) is 0 Å². The molecule has 1 amide bonds. The van der Waals surface area contributed by atoms with Crippen LogP contribution in [-0.4, -0.2) is 32.3 Å². The van der Waals surface area contributed by atoms with Gasteiger partial charge in [0.2, 0.25) is 5.91 Å². The maximum atomic E-state index is 13.4. The number of rotatable bonds is 3. The maximum absolute atomic E-state index is 13.4. The first-order valence-electron chi connectivity index (χ1n) is 8.04. The molecule has 1 saturated heterocycles. The van der Waals surface area contributed by atoms with Crippen molar-refractivity contribution in [3.63, 3.8) is 0 Å². The van der Waals surface area contributed by atoms with Crippen molar-refractivity contribution in [2.75, 3.05) is 6.54 Å². The molecule has 0 spiro atoms. The molecule has 4 rings (SSSR count). The zero-order valence-electron chi connectivity index (χ0n) is 13.1. The van der Waals surface area contributed by atoms with Crippen molar-refractivity contribution in [1.29, 1.82) is 0 Å². The van der Waals surface area contributed by atoms with Gasteiger partial charge in [0, 0.05) is 18.9 Å². The third kappa shape index (κ3) is 2.75. The molecule has 1 N–H and O–H groups in total. The molecule has 2 aromatic heterocycles. The molecule has 3 heterocycles. The molecular weight excluding hydrogens is 307 g/mol. The van der Waals surface area contributed by atoms with E-state index in [1.165, 1.54) is 12.1 Å². The number of hydrogen-bond donors (Lipinski definition) is 1. The molecule has 0 aliphatic carbocycles. The van der Waals surface area contributed by atoms with E-state index in [1.54, 1.807) is 18.5 Å². The summed E-state index contributed by atoms with van der Waals surface area (Å²) in [6.07, 6.45) is 5.54. The molecule has 0 unspecified atom stereocenters. The lowest BCUT2D eigenvalue weighted by Crippen LogP contribution is -2.32. The maximum Gasteiger partial charge on any atom is 0.227 e. The molecule has 1 aromatic carbocycles. The molecule has 1 aliphatic heterocycles. The number of benzene rings is 1. The van der Waals surface area contributed by atoms with Crippen LogP contribution in [0.3, 0.4) is 0 Å². The number of amides is 1. The second-order valence-corrected chi connectivity index (χ2v) is 6.07. The van der Waals surface area contributed by atoms with Gasteiger partial charge in [0.05, 0.1) is 23.5 Å². The topological polar surface area (TPSA) is 61.9 Å². The molecule has 1 fully saturated rings. The summed E-state index contributed by atoms with van der Waals surface area (Å²) in [5.41, 5.74) is 2.29. The number of likely N-dealkylation sites (tertiary alicyclic amines) is 1. The Morgan fingerprint density at radius 1 is 1.38 bits per heavy atom. The summed E-state index contributed by atoms with van der Waals surface area (Å²) in [6.45, 7) is 0.717. The highest BCUT2D eigenvalue weighted by molar-refractivity contribution is 5.80. The van der Waals surface area contributed by atoms with Gasteiger partial charge in [0.1, 0.15) is 11.6 Å². The summed E-state index contributed by atoms with van der Waals surface area (Å²) < 4.78 is 13.4. The number of aromatic nitrogens is 3. The number of hydrogen-bond acceptors (Lipinski definition) is 3. The van der Waals surface area contributed by atoms with E-state index >= 15 is 0 Å². The highest BCUT2D eigenvalue weighted by atomic mass is 19.1. The van der Waals surface area contributed by atoms with Crippen LogP contribution in [0.2, 0.25) is 0 Å². The molecule has 1 atom stereocenters. The van der Waals surface area contributed by atoms with E-state index in [4.69, 9.17) is 0 Å². The van der Waals surface area contributed by atoms with E-state index in [2.05, 4.69) is 15.0 Å². The Bertz CT molecular complexity index is 877. The van der Waals surface area contributed by atoms with Crippen molar-refractivity contribution in [1.82, 2.24) is 19.9 Å². The number of nitrogens with zero attached hydrogens (tertiary/aromatic N) is 3. The van der Waals surface area contributed by atoms with Crippen molar-refractivity contribution >= 4 is 16.9 Å². The summed E-state index contributed by atoms with van der Waals surface area (Å²) >= 11 is 0. The van der Waals surface area contributed by atoms with Gasteiger partial charge in [-0.2, -0.15) is 0 Å². The first-order valence-corrected chi connectivity index (χ1v) is 8.04. The number of nitrogens with one attached hydrogen (secondary N) is 1. The molecule has 0 bridgehead atoms. The standard InChI is InChI=1S/C18H17FN4O/c19-13-5-6-14-15(10-13)22-18(21-14)16-4-2-8-23(16)17(24)9-12-3-1-7-20-11-12/h1,3,5-7,10-11,16H,2,4,8-9H2,(H,21,22)/t16-/m0/s1. The number of aromatic amines is 1. The fraction of sp³-hybridized carbons (Fsp3) is 0.278. The minimum atomic E-state index is -0.298. The highest BCUT2D eigenvalue weighted by Crippen LogP contribution is 2.32. The molecule has 6 heteroatoms. The second-order valence-electron chi connectivity index (χ2n) is 6.07. The van der Waals surface area contributed by atoms with E-state index in [0.717, 1.165) is 36.3 Å². The normalized spacial score (nSPS) is 17.5. The molecular formula is C18H17FN4O. The third-order valence-electron chi connectivity index (χ3n) is 4.43. The van der Waals surface area contributed by atoms with Gasteiger partial charge in [-0.3, -0.25) is 9.78 Å². The van der Waals surface area contributed by atoms with Crippen molar-refractivity contribution in [2.24, 2.45) is 0 Å². The fourth-order valence-corrected chi connectivity index (χ4v) is 3.29. The highest BCUT2D eigenvalue weighted by Gasteiger charge is 2.32. The summed E-state index contributed by atoms with van der Waals surface area (Å²) in [5.74, 6) is 0.499. The minimum Gasteiger partial charge on any atom is -0.340 e. The average Bonchev–Trinajstić information content (AvgIpc) is 3.21. The van der Waals surface area contributed by atoms with Crippen molar-refractivity contribution in [2.45, 2.75) is 25.3 Å². The Morgan fingerprint density at radius 2 is 2.29 bits per heavy atom. The number of pyridine rings is 1. The second kappa shape index (κ2) is 6.03. The number of imidazole rings is 1. The summed E-state index contributed by atoms with van der Waals surface area (Å²) in [6, 6.07) is 8.14. The van der Waals surface area contributed by atoms with Crippen LogP contribution >= 0.6 is 0 Å². The molecule has 24 heavy (non-hydrogen) atoms. The van der Waals surface area contributed by atoms with Gasteiger partial charge < -0.3 is 9.88 Å². The number of fused-ring (bicyclic) bond motifs is 1. The monoisotopic (exact) mass is 324 g/mol. The van der Waals surface area contributed by atoms with E-state index in [9.17, 15) is 9.18 Å². The largest absolute Gasteiger partial charge is 0.340 e. The Kier molecular flexibility index (Phi) is 3.72. The Morgan fingerprint density at radius 3 is 3.12 bits per heavy atom. The van der Waals surface area contributed by atoms with Crippen LogP contribution in [-0.2, 0) is 11.2 Å². The average molecular weight is 324 g/mol. The zero-order chi connectivity index (χ0) is 16.5. The molecule has 5 nitrogen and oxygen atoms in total. The Hall–Kier alpha value is -2.76. The molecule has 0 radical (unpaired) electrons. The molecule has 1 aliphatic rings. The summed E-state index contributed by atoms with van der Waals surface area (Å²) in [7, 11) is 0. The van der Waals surface area contributed by atoms with Crippen LogP contribution in [0.4, 0.5) is 4.39 Å². The van der Waals surface area contributed by atoms with Gasteiger partial charge in [-0.25, -0.2) is 9.37 Å². The fourth-order valence-electron chi connectivity index (χ4n) is 3.29. The number of carbonyl (C=O) groups excluding carboxylic acids is 1. The van der Waals surface area contributed by atoms with Gasteiger partial charge in [-0.1, -0.05) is 6.07 Å². The lowest BCUT2D eigenvalue weighted by molar-refractivity contribution is -0.131. The quantitative estimate of drug-likeness (QED) is 0.805. The van der Waals surface area contributed by atoms with Crippen molar-refractivity contribution < 1.29 is 9.18 Å². The van der Waals surface area contributed by atoms with E-state index < -0.39 is 0 Å². The van der Waals surface area contributed by atoms with Gasteiger partial charge in [-0.15, -0.1) is 0 Å². The Labute approximate surface area is 138 Å². The number of carbonyl (C=O) groups is 1. The molecule has 0 saturated carbocycles.